The SMILES string of the molecule is CCCCCCCCCCOC(=O)CC(CCCCCCCC)CCCCCCCC. The highest BCUT2D eigenvalue weighted by atomic mass is 16.5. The van der Waals surface area contributed by atoms with Crippen LogP contribution in [0.2, 0.25) is 0 Å². The standard InChI is InChI=1S/C29H58O2/c1-4-7-10-13-16-17-20-23-26-31-29(30)27-28(24-21-18-14-11-8-5-2)25-22-19-15-12-9-6-3/h28H,4-27H2,1-3H3. The second-order valence-electron chi connectivity index (χ2n) is 9.88. The zero-order chi connectivity index (χ0) is 22.8. The van der Waals surface area contributed by atoms with E-state index in [4.69, 9.17) is 4.74 Å². The highest BCUT2D eigenvalue weighted by molar-refractivity contribution is 5.69. The lowest BCUT2D eigenvalue weighted by Gasteiger charge is -2.16. The molecular weight excluding hydrogens is 380 g/mol. The number of carbonyl (C=O) groups excluding carboxylic acids is 1. The van der Waals surface area contributed by atoms with E-state index < -0.39 is 0 Å². The third-order valence-corrected chi connectivity index (χ3v) is 6.65. The average Bonchev–Trinajstić information content (AvgIpc) is 2.77. The largest absolute Gasteiger partial charge is 0.466 e. The summed E-state index contributed by atoms with van der Waals surface area (Å²) in [5.74, 6) is 0.605. The number of unbranched alkanes of at least 4 members (excludes halogenated alkanes) is 17. The van der Waals surface area contributed by atoms with E-state index in [-0.39, 0.29) is 5.97 Å². The van der Waals surface area contributed by atoms with Crippen molar-refractivity contribution in [2.24, 2.45) is 5.92 Å². The molecule has 0 fully saturated rings. The van der Waals surface area contributed by atoms with Crippen LogP contribution < -0.4 is 0 Å². The van der Waals surface area contributed by atoms with Gasteiger partial charge in [0.05, 0.1) is 6.61 Å². The summed E-state index contributed by atoms with van der Waals surface area (Å²) in [7, 11) is 0. The molecule has 186 valence electrons. The van der Waals surface area contributed by atoms with E-state index >= 15 is 0 Å². The topological polar surface area (TPSA) is 26.3 Å². The highest BCUT2D eigenvalue weighted by Gasteiger charge is 2.15. The van der Waals surface area contributed by atoms with Gasteiger partial charge in [-0.1, -0.05) is 143 Å². The smallest absolute Gasteiger partial charge is 0.306 e. The third kappa shape index (κ3) is 24.0. The first-order valence-electron chi connectivity index (χ1n) is 14.4. The first-order chi connectivity index (χ1) is 15.2. The molecule has 0 aromatic carbocycles. The fraction of sp³-hybridized carbons (Fsp3) is 0.966. The van der Waals surface area contributed by atoms with Crippen molar-refractivity contribution in [2.45, 2.75) is 168 Å². The van der Waals surface area contributed by atoms with Gasteiger partial charge in [0.1, 0.15) is 0 Å². The van der Waals surface area contributed by atoms with Crippen LogP contribution in [0.25, 0.3) is 0 Å². The lowest BCUT2D eigenvalue weighted by atomic mass is 9.91. The summed E-state index contributed by atoms with van der Waals surface area (Å²) in [6, 6.07) is 0. The molecule has 0 atom stereocenters. The van der Waals surface area contributed by atoms with Crippen LogP contribution in [0.5, 0.6) is 0 Å². The number of carbonyl (C=O) groups is 1. The maximum absolute atomic E-state index is 12.4. The van der Waals surface area contributed by atoms with Crippen LogP contribution in [-0.4, -0.2) is 12.6 Å². The summed E-state index contributed by atoms with van der Waals surface area (Å²) < 4.78 is 5.60. The van der Waals surface area contributed by atoms with Gasteiger partial charge in [-0.2, -0.15) is 0 Å². The van der Waals surface area contributed by atoms with Gasteiger partial charge in [-0.05, 0) is 25.2 Å². The summed E-state index contributed by atoms with van der Waals surface area (Å²) in [5.41, 5.74) is 0. The van der Waals surface area contributed by atoms with Gasteiger partial charge in [-0.15, -0.1) is 0 Å². The molecule has 0 aliphatic heterocycles. The molecule has 2 nitrogen and oxygen atoms in total. The monoisotopic (exact) mass is 438 g/mol. The maximum Gasteiger partial charge on any atom is 0.306 e. The Kier molecular flexibility index (Phi) is 25.3. The number of rotatable bonds is 25. The Bertz CT molecular complexity index is 337. The van der Waals surface area contributed by atoms with Crippen LogP contribution in [0.4, 0.5) is 0 Å². The van der Waals surface area contributed by atoms with E-state index in [1.165, 1.54) is 135 Å². The maximum atomic E-state index is 12.4. The van der Waals surface area contributed by atoms with Crippen LogP contribution in [0, 0.1) is 5.92 Å². The van der Waals surface area contributed by atoms with Gasteiger partial charge in [0, 0.05) is 6.42 Å². The molecule has 2 heteroatoms. The van der Waals surface area contributed by atoms with Gasteiger partial charge >= 0.3 is 5.97 Å². The second kappa shape index (κ2) is 25.7. The predicted octanol–water partition coefficient (Wildman–Crippen LogP) is 10.2. The van der Waals surface area contributed by atoms with Crippen LogP contribution in [0.3, 0.4) is 0 Å². The predicted molar refractivity (Wildman–Crippen MR) is 138 cm³/mol. The van der Waals surface area contributed by atoms with Gasteiger partial charge in [0.15, 0.2) is 0 Å². The molecule has 0 heterocycles. The Morgan fingerprint density at radius 3 is 1.29 bits per heavy atom. The third-order valence-electron chi connectivity index (χ3n) is 6.65. The van der Waals surface area contributed by atoms with Gasteiger partial charge in [0.2, 0.25) is 0 Å². The van der Waals surface area contributed by atoms with Crippen LogP contribution in [0.1, 0.15) is 168 Å². The van der Waals surface area contributed by atoms with Crippen LogP contribution in [-0.2, 0) is 9.53 Å². The summed E-state index contributed by atoms with van der Waals surface area (Å²) in [5, 5.41) is 0. The summed E-state index contributed by atoms with van der Waals surface area (Å²) in [6.45, 7) is 7.44. The molecule has 0 aliphatic carbocycles. The quantitative estimate of drug-likeness (QED) is 0.105. The molecule has 0 aliphatic rings. The molecule has 0 aromatic heterocycles. The fourth-order valence-corrected chi connectivity index (χ4v) is 4.49. The Morgan fingerprint density at radius 2 is 0.871 bits per heavy atom. The fourth-order valence-electron chi connectivity index (χ4n) is 4.49. The molecule has 0 saturated carbocycles. The van der Waals surface area contributed by atoms with Crippen molar-refractivity contribution in [3.63, 3.8) is 0 Å². The highest BCUT2D eigenvalue weighted by Crippen LogP contribution is 2.23. The first kappa shape index (κ1) is 30.5. The lowest BCUT2D eigenvalue weighted by Crippen LogP contribution is -2.13. The van der Waals surface area contributed by atoms with Crippen molar-refractivity contribution in [3.05, 3.63) is 0 Å². The molecule has 0 spiro atoms. The van der Waals surface area contributed by atoms with E-state index in [0.29, 0.717) is 18.9 Å². The van der Waals surface area contributed by atoms with Gasteiger partial charge in [0.25, 0.3) is 0 Å². The Labute approximate surface area is 196 Å². The molecule has 0 saturated heterocycles. The van der Waals surface area contributed by atoms with Gasteiger partial charge < -0.3 is 4.74 Å². The second-order valence-corrected chi connectivity index (χ2v) is 9.88. The van der Waals surface area contributed by atoms with E-state index in [0.717, 1.165) is 6.42 Å². The average molecular weight is 439 g/mol. The van der Waals surface area contributed by atoms with Gasteiger partial charge in [-0.3, -0.25) is 4.79 Å². The Hall–Kier alpha value is -0.530. The Morgan fingerprint density at radius 1 is 0.516 bits per heavy atom. The van der Waals surface area contributed by atoms with E-state index in [1.807, 2.05) is 0 Å². The Balaban J connectivity index is 3.94. The lowest BCUT2D eigenvalue weighted by molar-refractivity contribution is -0.145. The number of ether oxygens (including phenoxy) is 1. The molecule has 0 amide bonds. The molecular formula is C29H58O2. The number of hydrogen-bond acceptors (Lipinski definition) is 2. The zero-order valence-electron chi connectivity index (χ0n) is 21.9. The van der Waals surface area contributed by atoms with Crippen molar-refractivity contribution in [2.75, 3.05) is 6.61 Å². The van der Waals surface area contributed by atoms with Crippen molar-refractivity contribution >= 4 is 5.97 Å². The van der Waals surface area contributed by atoms with Crippen molar-refractivity contribution < 1.29 is 9.53 Å². The van der Waals surface area contributed by atoms with Crippen molar-refractivity contribution in [1.82, 2.24) is 0 Å². The number of hydrogen-bond donors (Lipinski definition) is 0. The number of esters is 1. The first-order valence-corrected chi connectivity index (χ1v) is 14.4. The minimum Gasteiger partial charge on any atom is -0.466 e. The summed E-state index contributed by atoms with van der Waals surface area (Å²) >= 11 is 0. The molecule has 0 aromatic rings. The molecule has 0 radical (unpaired) electrons. The van der Waals surface area contributed by atoms with Crippen molar-refractivity contribution in [3.8, 4) is 0 Å². The summed E-state index contributed by atoms with van der Waals surface area (Å²) in [4.78, 5) is 12.4. The molecule has 0 N–H and O–H groups in total. The van der Waals surface area contributed by atoms with E-state index in [9.17, 15) is 4.79 Å². The minimum atomic E-state index is 0.0601. The van der Waals surface area contributed by atoms with Gasteiger partial charge in [-0.25, -0.2) is 0 Å². The van der Waals surface area contributed by atoms with Crippen LogP contribution >= 0.6 is 0 Å². The van der Waals surface area contributed by atoms with E-state index in [2.05, 4.69) is 20.8 Å². The van der Waals surface area contributed by atoms with Crippen molar-refractivity contribution in [1.29, 1.82) is 0 Å². The summed E-state index contributed by atoms with van der Waals surface area (Å²) in [6.07, 6.45) is 29.5. The normalized spacial score (nSPS) is 11.4. The molecule has 31 heavy (non-hydrogen) atoms. The minimum absolute atomic E-state index is 0.0601. The molecule has 0 rings (SSSR count). The zero-order valence-corrected chi connectivity index (χ0v) is 21.9. The van der Waals surface area contributed by atoms with E-state index in [1.54, 1.807) is 0 Å². The molecule has 0 bridgehead atoms. The molecule has 0 unspecified atom stereocenters. The van der Waals surface area contributed by atoms with Crippen LogP contribution in [0.15, 0.2) is 0 Å².